The Bertz CT molecular complexity index is 1280. The van der Waals surface area contributed by atoms with Gasteiger partial charge in [-0.15, -0.1) is 0 Å². The fourth-order valence-electron chi connectivity index (χ4n) is 3.08. The Morgan fingerprint density at radius 2 is 1.88 bits per heavy atom. The summed E-state index contributed by atoms with van der Waals surface area (Å²) in [6, 6.07) is 7.61. The topological polar surface area (TPSA) is 101 Å². The third kappa shape index (κ3) is 5.58. The van der Waals surface area contributed by atoms with Gasteiger partial charge in [-0.05, 0) is 37.3 Å². The summed E-state index contributed by atoms with van der Waals surface area (Å²) in [5.41, 5.74) is -0.859. The molecule has 11 heteroatoms. The molecular weight excluding hydrogens is 477 g/mol. The molecule has 3 aromatic rings. The molecule has 0 bridgehead atoms. The zero-order chi connectivity index (χ0) is 25.0. The van der Waals surface area contributed by atoms with Gasteiger partial charge in [0.15, 0.2) is 0 Å². The van der Waals surface area contributed by atoms with Crippen LogP contribution in [0.4, 0.5) is 13.2 Å². The molecule has 1 heterocycles. The van der Waals surface area contributed by atoms with Crippen molar-refractivity contribution in [2.24, 2.45) is 0 Å². The Hall–Kier alpha value is -3.34. The Labute approximate surface area is 197 Å². The number of nitrogens with one attached hydrogen (secondary N) is 1. The Balaban J connectivity index is 1.91. The van der Waals surface area contributed by atoms with Gasteiger partial charge in [0.1, 0.15) is 34.8 Å². The van der Waals surface area contributed by atoms with Gasteiger partial charge in [-0.2, -0.15) is 0 Å². The number of rotatable bonds is 8. The number of aliphatic hydroxyl groups is 2. The smallest absolute Gasteiger partial charge is 0.277 e. The first-order chi connectivity index (χ1) is 16.1. The lowest BCUT2D eigenvalue weighted by Gasteiger charge is -2.16. The molecule has 0 aliphatic carbocycles. The van der Waals surface area contributed by atoms with Gasteiger partial charge in [0, 0.05) is 35.5 Å². The number of ether oxygens (including phenoxy) is 1. The monoisotopic (exact) mass is 496 g/mol. The Morgan fingerprint density at radius 3 is 2.56 bits per heavy atom. The zero-order valence-corrected chi connectivity index (χ0v) is 18.6. The van der Waals surface area contributed by atoms with Crippen LogP contribution in [0.5, 0.6) is 5.75 Å². The highest BCUT2D eigenvalue weighted by molar-refractivity contribution is 6.31. The van der Waals surface area contributed by atoms with Gasteiger partial charge < -0.3 is 20.3 Å². The summed E-state index contributed by atoms with van der Waals surface area (Å²) >= 11 is 6.14. The molecule has 0 spiro atoms. The van der Waals surface area contributed by atoms with Gasteiger partial charge >= 0.3 is 0 Å². The molecule has 0 radical (unpaired) electrons. The van der Waals surface area contributed by atoms with E-state index in [1.54, 1.807) is 0 Å². The van der Waals surface area contributed by atoms with Gasteiger partial charge in [-0.1, -0.05) is 11.6 Å². The average Bonchev–Trinajstić information content (AvgIpc) is 2.80. The highest BCUT2D eigenvalue weighted by atomic mass is 35.5. The van der Waals surface area contributed by atoms with Crippen LogP contribution in [-0.2, 0) is 6.61 Å². The van der Waals surface area contributed by atoms with E-state index in [9.17, 15) is 27.9 Å². The molecule has 0 saturated heterocycles. The summed E-state index contributed by atoms with van der Waals surface area (Å²) in [5.74, 6) is -3.14. The van der Waals surface area contributed by atoms with E-state index in [2.05, 4.69) is 5.32 Å². The number of benzene rings is 2. The SMILES string of the molecule is Cc1cc(OCc2ccc(F)cc2F)c(Cl)c(=O)n1-c1cc(C(=O)NC[C@H](O)CO)ccc1F. The lowest BCUT2D eigenvalue weighted by molar-refractivity contribution is 0.0802. The molecule has 3 rings (SSSR count). The molecular formula is C23H20ClF3N2O5. The minimum atomic E-state index is -1.16. The number of aryl methyl sites for hydroxylation is 1. The second-order valence-corrected chi connectivity index (χ2v) is 7.72. The number of carbonyl (C=O) groups excluding carboxylic acids is 1. The zero-order valence-electron chi connectivity index (χ0n) is 17.8. The summed E-state index contributed by atoms with van der Waals surface area (Å²) in [6.45, 7) is 0.364. The van der Waals surface area contributed by atoms with E-state index >= 15 is 0 Å². The van der Waals surface area contributed by atoms with Crippen molar-refractivity contribution >= 4 is 17.5 Å². The molecule has 0 fully saturated rings. The van der Waals surface area contributed by atoms with Crippen molar-refractivity contribution in [3.8, 4) is 11.4 Å². The number of pyridine rings is 1. The first-order valence-electron chi connectivity index (χ1n) is 9.98. The number of halogens is 4. The molecule has 1 aromatic heterocycles. The summed E-state index contributed by atoms with van der Waals surface area (Å²) in [5, 5.41) is 20.2. The number of aromatic nitrogens is 1. The number of aliphatic hydroxyl groups excluding tert-OH is 2. The fraction of sp³-hybridized carbons (Fsp3) is 0.217. The van der Waals surface area contributed by atoms with Gasteiger partial charge in [0.05, 0.1) is 18.4 Å². The van der Waals surface area contributed by atoms with Crippen LogP contribution >= 0.6 is 11.6 Å². The highest BCUT2D eigenvalue weighted by Gasteiger charge is 2.19. The standard InChI is InChI=1S/C23H20ClF3N2O5/c1-12-6-20(34-11-14-2-4-15(25)8-18(14)27)21(24)23(33)29(12)19-7-13(3-5-17(19)26)22(32)28-9-16(31)10-30/h2-8,16,30-31H,9-11H2,1H3,(H,28,32)/t16-/m0/s1. The van der Waals surface area contributed by atoms with Gasteiger partial charge in [0.25, 0.3) is 11.5 Å². The number of hydrogen-bond donors (Lipinski definition) is 3. The van der Waals surface area contributed by atoms with Crippen molar-refractivity contribution in [1.82, 2.24) is 9.88 Å². The minimum Gasteiger partial charge on any atom is -0.487 e. The lowest BCUT2D eigenvalue weighted by atomic mass is 10.1. The van der Waals surface area contributed by atoms with Crippen molar-refractivity contribution in [1.29, 1.82) is 0 Å². The predicted octanol–water partition coefficient (Wildman–Crippen LogP) is 2.88. The normalized spacial score (nSPS) is 11.9. The molecule has 34 heavy (non-hydrogen) atoms. The number of hydrogen-bond acceptors (Lipinski definition) is 5. The summed E-state index contributed by atoms with van der Waals surface area (Å²) in [4.78, 5) is 25.2. The van der Waals surface area contributed by atoms with Crippen LogP contribution in [0.3, 0.4) is 0 Å². The number of carbonyl (C=O) groups is 1. The lowest BCUT2D eigenvalue weighted by Crippen LogP contribution is -2.34. The Morgan fingerprint density at radius 1 is 1.15 bits per heavy atom. The van der Waals surface area contributed by atoms with Crippen LogP contribution in [-0.4, -0.2) is 39.9 Å². The van der Waals surface area contributed by atoms with Crippen LogP contribution in [0.25, 0.3) is 5.69 Å². The summed E-state index contributed by atoms with van der Waals surface area (Å²) in [6.07, 6.45) is -1.16. The third-order valence-electron chi connectivity index (χ3n) is 4.86. The van der Waals surface area contributed by atoms with Crippen molar-refractivity contribution in [2.75, 3.05) is 13.2 Å². The number of amides is 1. The maximum absolute atomic E-state index is 14.6. The van der Waals surface area contributed by atoms with Crippen LogP contribution in [0.1, 0.15) is 21.6 Å². The highest BCUT2D eigenvalue weighted by Crippen LogP contribution is 2.26. The predicted molar refractivity (Wildman–Crippen MR) is 118 cm³/mol. The van der Waals surface area contributed by atoms with Crippen LogP contribution in [0.2, 0.25) is 5.02 Å². The van der Waals surface area contributed by atoms with Crippen LogP contribution in [0.15, 0.2) is 47.3 Å². The average molecular weight is 497 g/mol. The van der Waals surface area contributed by atoms with Gasteiger partial charge in [-0.25, -0.2) is 13.2 Å². The van der Waals surface area contributed by atoms with E-state index in [-0.39, 0.29) is 41.4 Å². The maximum Gasteiger partial charge on any atom is 0.277 e. The third-order valence-corrected chi connectivity index (χ3v) is 5.20. The fourth-order valence-corrected chi connectivity index (χ4v) is 3.28. The van der Waals surface area contributed by atoms with E-state index in [1.165, 1.54) is 25.1 Å². The van der Waals surface area contributed by atoms with Gasteiger partial charge in [-0.3, -0.25) is 14.2 Å². The van der Waals surface area contributed by atoms with Crippen molar-refractivity contribution in [3.05, 3.63) is 92.1 Å². The molecule has 0 aliphatic heterocycles. The van der Waals surface area contributed by atoms with Crippen molar-refractivity contribution in [2.45, 2.75) is 19.6 Å². The molecule has 1 amide bonds. The second-order valence-electron chi connectivity index (χ2n) is 7.34. The molecule has 180 valence electrons. The van der Waals surface area contributed by atoms with Gasteiger partial charge in [0.2, 0.25) is 0 Å². The van der Waals surface area contributed by atoms with Crippen molar-refractivity contribution < 1.29 is 32.9 Å². The molecule has 7 nitrogen and oxygen atoms in total. The molecule has 0 unspecified atom stereocenters. The van der Waals surface area contributed by atoms with E-state index in [4.69, 9.17) is 21.4 Å². The van der Waals surface area contributed by atoms with Crippen LogP contribution < -0.4 is 15.6 Å². The van der Waals surface area contributed by atoms with E-state index in [0.29, 0.717) is 6.07 Å². The molecule has 2 aromatic carbocycles. The van der Waals surface area contributed by atoms with E-state index in [0.717, 1.165) is 22.8 Å². The van der Waals surface area contributed by atoms with E-state index in [1.807, 2.05) is 0 Å². The Kier molecular flexibility index (Phi) is 7.98. The van der Waals surface area contributed by atoms with Crippen LogP contribution in [0, 0.1) is 24.4 Å². The van der Waals surface area contributed by atoms with Crippen molar-refractivity contribution in [3.63, 3.8) is 0 Å². The first-order valence-corrected chi connectivity index (χ1v) is 10.4. The molecule has 1 atom stereocenters. The largest absolute Gasteiger partial charge is 0.487 e. The quantitative estimate of drug-likeness (QED) is 0.445. The molecule has 3 N–H and O–H groups in total. The molecule has 0 aliphatic rings. The summed E-state index contributed by atoms with van der Waals surface area (Å²) in [7, 11) is 0. The molecule has 0 saturated carbocycles. The second kappa shape index (κ2) is 10.7. The number of nitrogens with zero attached hydrogens (tertiary/aromatic N) is 1. The first kappa shape index (κ1) is 25.3. The summed E-state index contributed by atoms with van der Waals surface area (Å²) < 4.78 is 47.9. The maximum atomic E-state index is 14.6. The minimum absolute atomic E-state index is 0.00364. The van der Waals surface area contributed by atoms with E-state index < -0.39 is 46.7 Å².